The molecule has 0 bridgehead atoms. The van der Waals surface area contributed by atoms with E-state index in [2.05, 4.69) is 99.6 Å². The lowest BCUT2D eigenvalue weighted by molar-refractivity contribution is -0.120. The number of allylic oxidation sites excluding steroid dienone is 2. The van der Waals surface area contributed by atoms with Gasteiger partial charge in [0.15, 0.2) is 5.88 Å². The van der Waals surface area contributed by atoms with Crippen LogP contribution in [0.1, 0.15) is 141 Å². The van der Waals surface area contributed by atoms with Gasteiger partial charge in [-0.15, -0.1) is 0 Å². The van der Waals surface area contributed by atoms with Crippen LogP contribution >= 0.6 is 0 Å². The molecule has 2 N–H and O–H groups in total. The Bertz CT molecular complexity index is 1760. The van der Waals surface area contributed by atoms with Crippen LogP contribution in [-0.4, -0.2) is 26.6 Å². The summed E-state index contributed by atoms with van der Waals surface area (Å²) in [6.07, 6.45) is 13.4. The Kier molecular flexibility index (Phi) is 14.4. The van der Waals surface area contributed by atoms with Gasteiger partial charge in [-0.1, -0.05) is 99.6 Å². The number of aromatic hydroxyl groups is 2. The fraction of sp³-hybridized carbons (Fsp3) is 0.532. The summed E-state index contributed by atoms with van der Waals surface area (Å²) in [6.45, 7) is 24.4. The van der Waals surface area contributed by atoms with E-state index < -0.39 is 0 Å². The van der Waals surface area contributed by atoms with Crippen molar-refractivity contribution in [2.24, 2.45) is 29.6 Å². The summed E-state index contributed by atoms with van der Waals surface area (Å²) in [7, 11) is 0. The van der Waals surface area contributed by atoms with Crippen LogP contribution < -0.4 is 4.90 Å². The summed E-state index contributed by atoms with van der Waals surface area (Å²) >= 11 is 0. The van der Waals surface area contributed by atoms with Gasteiger partial charge in [0.05, 0.1) is 11.4 Å². The van der Waals surface area contributed by atoms with Crippen LogP contribution in [0, 0.1) is 29.6 Å². The van der Waals surface area contributed by atoms with Crippen LogP contribution in [-0.2, 0) is 41.7 Å². The van der Waals surface area contributed by atoms with Gasteiger partial charge < -0.3 is 10.2 Å². The van der Waals surface area contributed by atoms with E-state index in [9.17, 15) is 19.8 Å². The minimum Gasteiger partial charge on any atom is -0.494 e. The van der Waals surface area contributed by atoms with E-state index in [0.717, 1.165) is 81.4 Å². The van der Waals surface area contributed by atoms with Gasteiger partial charge in [-0.3, -0.25) is 14.2 Å². The number of aryl methyl sites for hydroxylation is 4. The monoisotopic (exact) mass is 723 g/mol. The Hall–Kier alpha value is -4.06. The highest BCUT2D eigenvalue weighted by molar-refractivity contribution is 6.28. The van der Waals surface area contributed by atoms with E-state index in [4.69, 9.17) is 0 Å². The van der Waals surface area contributed by atoms with Crippen molar-refractivity contribution in [3.63, 3.8) is 0 Å². The van der Waals surface area contributed by atoms with Crippen LogP contribution in [0.25, 0.3) is 11.3 Å². The minimum atomic E-state index is -0.292. The van der Waals surface area contributed by atoms with E-state index in [0.29, 0.717) is 42.6 Å². The minimum absolute atomic E-state index is 0.0315. The van der Waals surface area contributed by atoms with Crippen LogP contribution in [0.15, 0.2) is 48.6 Å². The molecule has 6 nitrogen and oxygen atoms in total. The van der Waals surface area contributed by atoms with Gasteiger partial charge in [0.1, 0.15) is 0 Å². The van der Waals surface area contributed by atoms with Crippen molar-refractivity contribution in [2.45, 2.75) is 134 Å². The number of rotatable bonds is 18. The summed E-state index contributed by atoms with van der Waals surface area (Å²) in [5, 5.41) is 23.1. The number of anilines is 1. The molecule has 4 rings (SSSR count). The van der Waals surface area contributed by atoms with Crippen LogP contribution in [0.4, 0.5) is 5.69 Å². The lowest BCUT2D eigenvalue weighted by atomic mass is 9.83. The summed E-state index contributed by atoms with van der Waals surface area (Å²) in [6, 6.07) is 10.3. The highest BCUT2D eigenvalue weighted by Gasteiger charge is 2.29. The molecule has 2 heterocycles. The fourth-order valence-electron chi connectivity index (χ4n) is 9.06. The van der Waals surface area contributed by atoms with Crippen molar-refractivity contribution in [3.05, 3.63) is 87.5 Å². The number of imide groups is 1. The first-order valence-electron chi connectivity index (χ1n) is 20.3. The summed E-state index contributed by atoms with van der Waals surface area (Å²) in [5.41, 5.74) is 9.53. The van der Waals surface area contributed by atoms with Gasteiger partial charge in [-0.05, 0) is 133 Å². The Morgan fingerprint density at radius 1 is 0.642 bits per heavy atom. The third kappa shape index (κ3) is 9.93. The standard InChI is InChI=1S/C47H66N2O4/c1-12-37-24-35(25-38(13-2)45(37)48-42(50)16-17-43(48)51)23-36-26-39(14-3)46(40(15-4)27-36)49-44(52)28-41(47(49)53)34(11)22-33(10)21-32(9)20-31(8)19-30(7)18-29(5)6/h16-17,22,24-33,52-53H,12-15,18-21,23H2,1-11H3. The normalized spacial score (nSPS) is 15.8. The Morgan fingerprint density at radius 3 is 1.53 bits per heavy atom. The number of aromatic nitrogens is 1. The average Bonchev–Trinajstić information content (AvgIpc) is 3.58. The first-order chi connectivity index (χ1) is 25.1. The molecule has 6 heteroatoms. The highest BCUT2D eigenvalue weighted by atomic mass is 16.3. The Labute approximate surface area is 320 Å². The van der Waals surface area contributed by atoms with Gasteiger partial charge in [0, 0.05) is 23.8 Å². The van der Waals surface area contributed by atoms with Crippen molar-refractivity contribution < 1.29 is 19.8 Å². The van der Waals surface area contributed by atoms with Gasteiger partial charge in [0.2, 0.25) is 5.88 Å². The Balaban J connectivity index is 1.59. The Morgan fingerprint density at radius 2 is 1.08 bits per heavy atom. The number of benzene rings is 2. The fourth-order valence-corrected chi connectivity index (χ4v) is 9.06. The topological polar surface area (TPSA) is 82.8 Å². The third-order valence-corrected chi connectivity index (χ3v) is 11.0. The zero-order valence-corrected chi connectivity index (χ0v) is 34.5. The summed E-state index contributed by atoms with van der Waals surface area (Å²) in [4.78, 5) is 26.5. The maximum Gasteiger partial charge on any atom is 0.258 e. The van der Waals surface area contributed by atoms with Crippen molar-refractivity contribution in [1.29, 1.82) is 0 Å². The van der Waals surface area contributed by atoms with E-state index in [1.54, 1.807) is 10.6 Å². The average molecular weight is 723 g/mol. The SMILES string of the molecule is CCc1cc(Cc2cc(CC)c(-n3c(O)cc(C(C)=CC(C)CC(C)CC(C)CC(C)CC(C)C)c3O)c(CC)c2)cc(CC)c1N1C(=O)C=CC1=O. The molecule has 0 spiro atoms. The molecule has 1 aliphatic rings. The van der Waals surface area contributed by atoms with E-state index in [1.165, 1.54) is 36.3 Å². The number of amides is 2. The van der Waals surface area contributed by atoms with Gasteiger partial charge in [-0.2, -0.15) is 0 Å². The van der Waals surface area contributed by atoms with Crippen molar-refractivity contribution >= 4 is 23.1 Å². The number of carbonyl (C=O) groups excluding carboxylic acids is 2. The molecular weight excluding hydrogens is 657 g/mol. The second-order valence-corrected chi connectivity index (χ2v) is 16.5. The second-order valence-electron chi connectivity index (χ2n) is 16.5. The smallest absolute Gasteiger partial charge is 0.258 e. The molecule has 2 aromatic carbocycles. The van der Waals surface area contributed by atoms with Gasteiger partial charge >= 0.3 is 0 Å². The number of hydrogen-bond acceptors (Lipinski definition) is 4. The quantitative estimate of drug-likeness (QED) is 0.128. The summed E-state index contributed by atoms with van der Waals surface area (Å²) < 4.78 is 1.62. The predicted octanol–water partition coefficient (Wildman–Crippen LogP) is 11.3. The lowest BCUT2D eigenvalue weighted by Gasteiger charge is -2.23. The molecule has 53 heavy (non-hydrogen) atoms. The first kappa shape index (κ1) is 41.7. The van der Waals surface area contributed by atoms with Crippen molar-refractivity contribution in [1.82, 2.24) is 4.57 Å². The highest BCUT2D eigenvalue weighted by Crippen LogP contribution is 2.40. The molecule has 288 valence electrons. The zero-order valence-electron chi connectivity index (χ0n) is 34.5. The second kappa shape index (κ2) is 18.3. The van der Waals surface area contributed by atoms with E-state index in [-0.39, 0.29) is 23.6 Å². The zero-order chi connectivity index (χ0) is 39.1. The number of hydrogen-bond donors (Lipinski definition) is 2. The largest absolute Gasteiger partial charge is 0.494 e. The summed E-state index contributed by atoms with van der Waals surface area (Å²) in [5.74, 6) is 2.68. The molecule has 4 atom stereocenters. The molecule has 3 aromatic rings. The molecule has 0 fully saturated rings. The third-order valence-electron chi connectivity index (χ3n) is 11.0. The van der Waals surface area contributed by atoms with Gasteiger partial charge in [-0.25, -0.2) is 4.90 Å². The molecule has 4 unspecified atom stereocenters. The van der Waals surface area contributed by atoms with Crippen LogP contribution in [0.3, 0.4) is 0 Å². The van der Waals surface area contributed by atoms with Crippen molar-refractivity contribution in [2.75, 3.05) is 4.90 Å². The predicted molar refractivity (Wildman–Crippen MR) is 221 cm³/mol. The van der Waals surface area contributed by atoms with E-state index in [1.807, 2.05) is 6.92 Å². The van der Waals surface area contributed by atoms with Crippen LogP contribution in [0.2, 0.25) is 0 Å². The molecule has 1 aliphatic heterocycles. The number of carbonyl (C=O) groups is 2. The molecule has 2 amide bonds. The molecule has 0 radical (unpaired) electrons. The molecular formula is C47H66N2O4. The molecule has 0 aliphatic carbocycles. The lowest BCUT2D eigenvalue weighted by Crippen LogP contribution is -2.31. The molecule has 0 saturated carbocycles. The maximum atomic E-state index is 12.6. The molecule has 1 aromatic heterocycles. The first-order valence-corrected chi connectivity index (χ1v) is 20.3. The van der Waals surface area contributed by atoms with Crippen LogP contribution in [0.5, 0.6) is 11.8 Å². The van der Waals surface area contributed by atoms with Crippen molar-refractivity contribution in [3.8, 4) is 17.4 Å². The van der Waals surface area contributed by atoms with Gasteiger partial charge in [0.25, 0.3) is 11.8 Å². The number of nitrogens with zero attached hydrogens (tertiary/aromatic N) is 2. The maximum absolute atomic E-state index is 12.6. The van der Waals surface area contributed by atoms with E-state index >= 15 is 0 Å². The molecule has 0 saturated heterocycles.